The van der Waals surface area contributed by atoms with Gasteiger partial charge < -0.3 is 4.74 Å². The van der Waals surface area contributed by atoms with Crippen LogP contribution in [0.5, 0.6) is 0 Å². The van der Waals surface area contributed by atoms with Crippen molar-refractivity contribution in [2.45, 2.75) is 18.1 Å². The van der Waals surface area contributed by atoms with Crippen molar-refractivity contribution in [3.05, 3.63) is 115 Å². The number of hydrogen-bond acceptors (Lipinski definition) is 3. The van der Waals surface area contributed by atoms with Gasteiger partial charge in [-0.05, 0) is 29.3 Å². The average molecular weight is 404 g/mol. The second kappa shape index (κ2) is 8.47. The van der Waals surface area contributed by atoms with E-state index >= 15 is 0 Å². The zero-order valence-corrected chi connectivity index (χ0v) is 16.6. The molecule has 4 aromatic rings. The zero-order valence-electron chi connectivity index (χ0n) is 15.8. The van der Waals surface area contributed by atoms with E-state index < -0.39 is 10.0 Å². The van der Waals surface area contributed by atoms with Crippen LogP contribution in [0.1, 0.15) is 11.3 Å². The standard InChI is InChI=1S/C24H21NO3S/c26-29(27,24-16-8-7-15-23(24)21-12-5-2-6-13-21)25-17-9-14-22(25)19-28-18-20-10-3-1-4-11-20/h1-17H,18-19H2. The van der Waals surface area contributed by atoms with Crippen LogP contribution in [0.4, 0.5) is 0 Å². The molecule has 0 saturated carbocycles. The SMILES string of the molecule is O=S(=O)(c1ccccc1-c1ccccc1)n1cccc1COCc1ccccc1. The fourth-order valence-corrected chi connectivity index (χ4v) is 4.83. The number of hydrogen-bond donors (Lipinski definition) is 0. The maximum absolute atomic E-state index is 13.5. The third-order valence-electron chi connectivity index (χ3n) is 4.66. The Morgan fingerprint density at radius 1 is 0.690 bits per heavy atom. The highest BCUT2D eigenvalue weighted by Gasteiger charge is 2.23. The van der Waals surface area contributed by atoms with E-state index in [-0.39, 0.29) is 11.5 Å². The Bertz CT molecular complexity index is 1180. The van der Waals surface area contributed by atoms with E-state index in [9.17, 15) is 8.42 Å². The van der Waals surface area contributed by atoms with Gasteiger partial charge in [0.15, 0.2) is 0 Å². The summed E-state index contributed by atoms with van der Waals surface area (Å²) in [4.78, 5) is 0.270. The van der Waals surface area contributed by atoms with Crippen molar-refractivity contribution in [1.29, 1.82) is 0 Å². The summed E-state index contributed by atoms with van der Waals surface area (Å²) >= 11 is 0. The van der Waals surface area contributed by atoms with Crippen molar-refractivity contribution in [2.24, 2.45) is 0 Å². The van der Waals surface area contributed by atoms with Gasteiger partial charge in [-0.15, -0.1) is 0 Å². The van der Waals surface area contributed by atoms with Crippen molar-refractivity contribution in [3.8, 4) is 11.1 Å². The molecule has 0 unspecified atom stereocenters. The summed E-state index contributed by atoms with van der Waals surface area (Å²) in [5.41, 5.74) is 3.17. The average Bonchev–Trinajstić information content (AvgIpc) is 3.25. The summed E-state index contributed by atoms with van der Waals surface area (Å²) in [7, 11) is -3.76. The second-order valence-corrected chi connectivity index (χ2v) is 8.42. The molecule has 0 atom stereocenters. The lowest BCUT2D eigenvalue weighted by Gasteiger charge is -2.14. The molecule has 0 N–H and O–H groups in total. The first kappa shape index (κ1) is 19.2. The van der Waals surface area contributed by atoms with Crippen LogP contribution in [-0.4, -0.2) is 12.4 Å². The number of rotatable bonds is 7. The molecule has 0 aliphatic carbocycles. The molecule has 0 saturated heterocycles. The van der Waals surface area contributed by atoms with Crippen LogP contribution >= 0.6 is 0 Å². The molecule has 0 fully saturated rings. The minimum absolute atomic E-state index is 0.203. The van der Waals surface area contributed by atoms with E-state index in [2.05, 4.69) is 0 Å². The Hall–Kier alpha value is -3.15. The minimum Gasteiger partial charge on any atom is -0.371 e. The summed E-state index contributed by atoms with van der Waals surface area (Å²) in [5, 5.41) is 0. The van der Waals surface area contributed by atoms with Crippen molar-refractivity contribution >= 4 is 10.0 Å². The van der Waals surface area contributed by atoms with Crippen molar-refractivity contribution in [3.63, 3.8) is 0 Å². The molecular formula is C24H21NO3S. The molecule has 4 rings (SSSR count). The number of nitrogens with zero attached hydrogens (tertiary/aromatic N) is 1. The first-order valence-corrected chi connectivity index (χ1v) is 10.8. The van der Waals surface area contributed by atoms with Crippen LogP contribution in [0.15, 0.2) is 108 Å². The highest BCUT2D eigenvalue weighted by molar-refractivity contribution is 7.90. The molecule has 0 bridgehead atoms. The topological polar surface area (TPSA) is 48.3 Å². The predicted octanol–water partition coefficient (Wildman–Crippen LogP) is 5.11. The number of ether oxygens (including phenoxy) is 1. The fraction of sp³-hybridized carbons (Fsp3) is 0.0833. The molecule has 4 nitrogen and oxygen atoms in total. The molecule has 0 aliphatic rings. The number of benzene rings is 3. The van der Waals surface area contributed by atoms with E-state index in [4.69, 9.17) is 4.74 Å². The van der Waals surface area contributed by atoms with E-state index in [0.29, 0.717) is 17.9 Å². The molecule has 1 heterocycles. The molecule has 5 heteroatoms. The lowest BCUT2D eigenvalue weighted by Crippen LogP contribution is -2.16. The van der Waals surface area contributed by atoms with E-state index in [0.717, 1.165) is 11.1 Å². The van der Waals surface area contributed by atoms with Gasteiger partial charge in [0.05, 0.1) is 23.8 Å². The first-order chi connectivity index (χ1) is 14.2. The Morgan fingerprint density at radius 3 is 2.10 bits per heavy atom. The fourth-order valence-electron chi connectivity index (χ4n) is 3.25. The first-order valence-electron chi connectivity index (χ1n) is 9.34. The van der Waals surface area contributed by atoms with Crippen molar-refractivity contribution in [2.75, 3.05) is 0 Å². The van der Waals surface area contributed by atoms with Gasteiger partial charge in [-0.1, -0.05) is 78.9 Å². The minimum atomic E-state index is -3.76. The molecule has 29 heavy (non-hydrogen) atoms. The molecule has 1 aromatic heterocycles. The molecule has 0 aliphatic heterocycles. The van der Waals surface area contributed by atoms with Gasteiger partial charge in [-0.25, -0.2) is 12.4 Å². The van der Waals surface area contributed by atoms with Gasteiger partial charge >= 0.3 is 0 Å². The monoisotopic (exact) mass is 403 g/mol. The van der Waals surface area contributed by atoms with Gasteiger partial charge in [0.25, 0.3) is 10.0 Å². The van der Waals surface area contributed by atoms with Crippen molar-refractivity contribution < 1.29 is 13.2 Å². The van der Waals surface area contributed by atoms with Crippen LogP contribution in [0.25, 0.3) is 11.1 Å². The quantitative estimate of drug-likeness (QED) is 0.431. The van der Waals surface area contributed by atoms with Gasteiger partial charge in [0.2, 0.25) is 0 Å². The maximum atomic E-state index is 13.5. The van der Waals surface area contributed by atoms with E-state index in [1.807, 2.05) is 72.8 Å². The molecule has 146 valence electrons. The molecular weight excluding hydrogens is 382 g/mol. The van der Waals surface area contributed by atoms with Crippen LogP contribution in [0.3, 0.4) is 0 Å². The largest absolute Gasteiger partial charge is 0.371 e. The van der Waals surface area contributed by atoms with E-state index in [1.165, 1.54) is 3.97 Å². The molecule has 0 amide bonds. The molecule has 3 aromatic carbocycles. The number of aromatic nitrogens is 1. The highest BCUT2D eigenvalue weighted by Crippen LogP contribution is 2.29. The lowest BCUT2D eigenvalue weighted by molar-refractivity contribution is 0.104. The third kappa shape index (κ3) is 4.16. The Morgan fingerprint density at radius 2 is 1.34 bits per heavy atom. The lowest BCUT2D eigenvalue weighted by atomic mass is 10.1. The summed E-state index contributed by atoms with van der Waals surface area (Å²) < 4.78 is 34.0. The van der Waals surface area contributed by atoms with Gasteiger partial charge in [-0.2, -0.15) is 0 Å². The zero-order chi connectivity index (χ0) is 20.1. The summed E-state index contributed by atoms with van der Waals surface area (Å²) in [5.74, 6) is 0. The Labute approximate surface area is 171 Å². The molecule has 0 spiro atoms. The van der Waals surface area contributed by atoms with Gasteiger partial charge in [0.1, 0.15) is 0 Å². The van der Waals surface area contributed by atoms with Gasteiger partial charge in [-0.3, -0.25) is 0 Å². The molecule has 0 radical (unpaired) electrons. The summed E-state index contributed by atoms with van der Waals surface area (Å²) in [6, 6.07) is 29.9. The van der Waals surface area contributed by atoms with Crippen LogP contribution in [0.2, 0.25) is 0 Å². The highest BCUT2D eigenvalue weighted by atomic mass is 32.2. The summed E-state index contributed by atoms with van der Waals surface area (Å²) in [6.07, 6.45) is 1.57. The Kier molecular flexibility index (Phi) is 5.60. The normalized spacial score (nSPS) is 11.4. The third-order valence-corrected chi connectivity index (χ3v) is 6.45. The second-order valence-electron chi connectivity index (χ2n) is 6.64. The Balaban J connectivity index is 1.62. The van der Waals surface area contributed by atoms with Gasteiger partial charge in [0, 0.05) is 11.8 Å². The van der Waals surface area contributed by atoms with Crippen LogP contribution in [0, 0.1) is 0 Å². The summed E-state index contributed by atoms with van der Waals surface area (Å²) in [6.45, 7) is 0.626. The van der Waals surface area contributed by atoms with Crippen LogP contribution in [-0.2, 0) is 28.0 Å². The smallest absolute Gasteiger partial charge is 0.268 e. The van der Waals surface area contributed by atoms with Crippen LogP contribution < -0.4 is 0 Å². The van der Waals surface area contributed by atoms with Crippen molar-refractivity contribution in [1.82, 2.24) is 3.97 Å². The van der Waals surface area contributed by atoms with E-state index in [1.54, 1.807) is 30.5 Å². The predicted molar refractivity (Wildman–Crippen MR) is 114 cm³/mol. The maximum Gasteiger partial charge on any atom is 0.268 e.